The summed E-state index contributed by atoms with van der Waals surface area (Å²) in [5.74, 6) is 2.87. The van der Waals surface area contributed by atoms with E-state index >= 15 is 0 Å². The van der Waals surface area contributed by atoms with Gasteiger partial charge in [-0.2, -0.15) is 0 Å². The number of rotatable bonds is 4. The highest BCUT2D eigenvalue weighted by molar-refractivity contribution is 5.84. The molecule has 1 aliphatic heterocycles. The second-order valence-electron chi connectivity index (χ2n) is 13.2. The average molecular weight is 475 g/mol. The normalized spacial score (nSPS) is 47.0. The van der Waals surface area contributed by atoms with Gasteiger partial charge in [0.15, 0.2) is 0 Å². The number of aliphatic hydroxyl groups excluding tert-OH is 1. The van der Waals surface area contributed by atoms with Gasteiger partial charge in [-0.05, 0) is 99.2 Å². The van der Waals surface area contributed by atoms with Gasteiger partial charge in [-0.15, -0.1) is 0 Å². The predicted octanol–water partition coefficient (Wildman–Crippen LogP) is 3.10. The van der Waals surface area contributed by atoms with Crippen LogP contribution in [0.25, 0.3) is 0 Å². The van der Waals surface area contributed by atoms with Gasteiger partial charge in [0.2, 0.25) is 5.91 Å². The van der Waals surface area contributed by atoms with Crippen molar-refractivity contribution in [2.24, 2.45) is 40.4 Å². The van der Waals surface area contributed by atoms with E-state index in [1.165, 1.54) is 6.42 Å². The van der Waals surface area contributed by atoms with Gasteiger partial charge in [0.05, 0.1) is 12.1 Å². The third kappa shape index (κ3) is 3.96. The summed E-state index contributed by atoms with van der Waals surface area (Å²) >= 11 is 0. The molecule has 0 aromatic heterocycles. The number of carbonyl (C=O) groups is 2. The fourth-order valence-electron chi connectivity index (χ4n) is 9.62. The first-order valence-corrected chi connectivity index (χ1v) is 13.9. The summed E-state index contributed by atoms with van der Waals surface area (Å²) in [6.45, 7) is 9.85. The summed E-state index contributed by atoms with van der Waals surface area (Å²) in [4.78, 5) is 29.3. The Morgan fingerprint density at radius 3 is 2.32 bits per heavy atom. The molecule has 2 N–H and O–H groups in total. The summed E-state index contributed by atoms with van der Waals surface area (Å²) in [6.07, 6.45) is 9.27. The van der Waals surface area contributed by atoms with Crippen molar-refractivity contribution >= 4 is 11.7 Å². The number of Topliss-reactive ketones (excluding diaryl/α,β-unsaturated/α-hetero) is 1. The fraction of sp³-hybridized carbons (Fsp3) is 0.929. The molecule has 192 valence electrons. The van der Waals surface area contributed by atoms with Crippen LogP contribution in [0.2, 0.25) is 0 Å². The minimum atomic E-state index is -0.583. The summed E-state index contributed by atoms with van der Waals surface area (Å²) in [6, 6.07) is 0. The van der Waals surface area contributed by atoms with Crippen molar-refractivity contribution in [2.45, 2.75) is 84.2 Å². The smallest absolute Gasteiger partial charge is 0.219 e. The number of ketones is 1. The molecule has 0 radical (unpaired) electrons. The molecule has 8 atom stereocenters. The maximum atomic E-state index is 13.6. The van der Waals surface area contributed by atoms with Gasteiger partial charge in [-0.1, -0.05) is 6.92 Å². The largest absolute Gasteiger partial charge is 0.396 e. The van der Waals surface area contributed by atoms with Crippen molar-refractivity contribution in [3.63, 3.8) is 0 Å². The Balaban J connectivity index is 1.27. The van der Waals surface area contributed by atoms with Crippen molar-refractivity contribution in [2.75, 3.05) is 39.3 Å². The number of piperazine rings is 1. The van der Waals surface area contributed by atoms with Gasteiger partial charge < -0.3 is 15.1 Å². The molecule has 1 heterocycles. The summed E-state index contributed by atoms with van der Waals surface area (Å²) in [5.41, 5.74) is -0.520. The van der Waals surface area contributed by atoms with Crippen molar-refractivity contribution in [3.8, 4) is 0 Å². The number of hydrogen-bond acceptors (Lipinski definition) is 5. The Bertz CT molecular complexity index is 806. The molecule has 4 aliphatic carbocycles. The quantitative estimate of drug-likeness (QED) is 0.654. The van der Waals surface area contributed by atoms with E-state index in [9.17, 15) is 19.8 Å². The fourth-order valence-corrected chi connectivity index (χ4v) is 9.62. The van der Waals surface area contributed by atoms with Crippen molar-refractivity contribution < 1.29 is 19.8 Å². The first-order valence-electron chi connectivity index (χ1n) is 13.9. The zero-order valence-electron chi connectivity index (χ0n) is 21.6. The van der Waals surface area contributed by atoms with Crippen molar-refractivity contribution in [1.82, 2.24) is 9.80 Å². The number of fused-ring (bicyclic) bond motifs is 5. The predicted molar refractivity (Wildman–Crippen MR) is 131 cm³/mol. The van der Waals surface area contributed by atoms with Crippen LogP contribution in [-0.4, -0.2) is 76.6 Å². The van der Waals surface area contributed by atoms with Crippen LogP contribution in [-0.2, 0) is 9.59 Å². The molecule has 6 nitrogen and oxygen atoms in total. The number of aliphatic hydroxyl groups is 2. The van der Waals surface area contributed by atoms with Gasteiger partial charge in [0.25, 0.3) is 0 Å². The second-order valence-corrected chi connectivity index (χ2v) is 13.2. The molecule has 1 amide bonds. The molecular weight excluding hydrogens is 428 g/mol. The molecule has 5 rings (SSSR count). The Morgan fingerprint density at radius 2 is 1.65 bits per heavy atom. The van der Waals surface area contributed by atoms with E-state index in [1.54, 1.807) is 6.92 Å². The van der Waals surface area contributed by atoms with E-state index in [-0.39, 0.29) is 29.3 Å². The Kier molecular flexibility index (Phi) is 6.43. The van der Waals surface area contributed by atoms with Crippen LogP contribution >= 0.6 is 0 Å². The van der Waals surface area contributed by atoms with Gasteiger partial charge >= 0.3 is 0 Å². The van der Waals surface area contributed by atoms with Gasteiger partial charge in [0.1, 0.15) is 5.78 Å². The summed E-state index contributed by atoms with van der Waals surface area (Å²) in [7, 11) is 0. The summed E-state index contributed by atoms with van der Waals surface area (Å²) in [5, 5.41) is 21.4. The van der Waals surface area contributed by atoms with Crippen LogP contribution in [0.3, 0.4) is 0 Å². The number of carbonyl (C=O) groups excluding carboxylic acids is 2. The third-order valence-electron chi connectivity index (χ3n) is 11.5. The van der Waals surface area contributed by atoms with E-state index in [0.29, 0.717) is 36.0 Å². The molecule has 0 bridgehead atoms. The van der Waals surface area contributed by atoms with Crippen LogP contribution in [0.15, 0.2) is 0 Å². The van der Waals surface area contributed by atoms with Gasteiger partial charge in [-0.25, -0.2) is 0 Å². The van der Waals surface area contributed by atoms with Crippen LogP contribution in [0.1, 0.15) is 78.6 Å². The lowest BCUT2D eigenvalue weighted by Crippen LogP contribution is -2.58. The molecule has 1 unspecified atom stereocenters. The Labute approximate surface area is 205 Å². The highest BCUT2D eigenvalue weighted by Gasteiger charge is 2.62. The summed E-state index contributed by atoms with van der Waals surface area (Å²) < 4.78 is 0. The van der Waals surface area contributed by atoms with Crippen LogP contribution in [0, 0.1) is 40.4 Å². The molecule has 34 heavy (non-hydrogen) atoms. The monoisotopic (exact) mass is 474 g/mol. The second kappa shape index (κ2) is 8.85. The van der Waals surface area contributed by atoms with Crippen LogP contribution < -0.4 is 0 Å². The van der Waals surface area contributed by atoms with E-state index < -0.39 is 5.60 Å². The molecule has 0 spiro atoms. The number of hydrogen-bond donors (Lipinski definition) is 2. The highest BCUT2D eigenvalue weighted by atomic mass is 16.3. The maximum absolute atomic E-state index is 13.6. The van der Waals surface area contributed by atoms with Crippen molar-refractivity contribution in [3.05, 3.63) is 0 Å². The first-order chi connectivity index (χ1) is 16.1. The molecule has 6 heteroatoms. The van der Waals surface area contributed by atoms with E-state index in [0.717, 1.165) is 77.5 Å². The maximum Gasteiger partial charge on any atom is 0.219 e. The third-order valence-corrected chi connectivity index (χ3v) is 11.5. The standard InChI is InChI=1S/C28H46N2O4/c1-19(32)30-14-12-29(13-15-30)17-25(33)24-7-6-22-21-5-4-20-16-26(2,34)10-11-28(20,18-31)23(21)8-9-27(22,24)3/h20-24,31,34H,4-18H2,1-3H3/t20-,21-,22-,23?,24+,26+,27-,28+/m0/s1. The molecule has 0 aromatic rings. The minimum Gasteiger partial charge on any atom is -0.396 e. The molecule has 4 saturated carbocycles. The van der Waals surface area contributed by atoms with E-state index in [1.807, 2.05) is 11.8 Å². The average Bonchev–Trinajstić information content (AvgIpc) is 3.16. The first kappa shape index (κ1) is 24.7. The molecule has 5 aliphatic rings. The van der Waals surface area contributed by atoms with E-state index in [4.69, 9.17) is 0 Å². The lowest BCUT2D eigenvalue weighted by atomic mass is 9.43. The Morgan fingerprint density at radius 1 is 0.912 bits per heavy atom. The highest BCUT2D eigenvalue weighted by Crippen LogP contribution is 2.68. The minimum absolute atomic E-state index is 0.0228. The molecule has 5 fully saturated rings. The molecule has 0 aromatic carbocycles. The number of nitrogens with zero attached hydrogens (tertiary/aromatic N) is 2. The topological polar surface area (TPSA) is 81.1 Å². The molecule has 1 saturated heterocycles. The zero-order chi connectivity index (χ0) is 24.3. The van der Waals surface area contributed by atoms with Gasteiger partial charge in [0, 0.05) is 45.6 Å². The van der Waals surface area contributed by atoms with Crippen LogP contribution in [0.4, 0.5) is 0 Å². The lowest BCUT2D eigenvalue weighted by molar-refractivity contribution is -0.171. The van der Waals surface area contributed by atoms with Crippen LogP contribution in [0.5, 0.6) is 0 Å². The SMILES string of the molecule is CC(=O)N1CCN(CC(=O)[C@H]2CC[C@H]3[C@@H]4CC[C@H]5C[C@](C)(O)CC[C@]5(CO)C4CC[C@]23C)CC1. The van der Waals surface area contributed by atoms with Crippen molar-refractivity contribution in [1.29, 1.82) is 0 Å². The molecular formula is C28H46N2O4. The number of amides is 1. The lowest BCUT2D eigenvalue weighted by Gasteiger charge is -2.62. The van der Waals surface area contributed by atoms with E-state index in [2.05, 4.69) is 11.8 Å². The van der Waals surface area contributed by atoms with Gasteiger partial charge in [-0.3, -0.25) is 14.5 Å². The Hall–Kier alpha value is -0.980. The zero-order valence-corrected chi connectivity index (χ0v) is 21.6.